The zero-order valence-corrected chi connectivity index (χ0v) is 9.10. The molecule has 1 aliphatic rings. The number of hydrogen-bond donors (Lipinski definition) is 0. The zero-order valence-electron chi connectivity index (χ0n) is 9.10. The molecule has 2 rings (SSSR count). The molecular formula is C13H18O. The maximum absolute atomic E-state index is 5.60. The van der Waals surface area contributed by atoms with Crippen LogP contribution in [0.5, 0.6) is 5.75 Å². The molecule has 0 unspecified atom stereocenters. The van der Waals surface area contributed by atoms with Crippen molar-refractivity contribution in [2.24, 2.45) is 0 Å². The minimum Gasteiger partial charge on any atom is -0.494 e. The second-order valence-electron chi connectivity index (χ2n) is 4.03. The third-order valence-corrected chi connectivity index (χ3v) is 2.94. The van der Waals surface area contributed by atoms with E-state index in [-0.39, 0.29) is 0 Å². The van der Waals surface area contributed by atoms with Crippen molar-refractivity contribution < 1.29 is 4.74 Å². The molecular weight excluding hydrogens is 172 g/mol. The van der Waals surface area contributed by atoms with Gasteiger partial charge in [-0.05, 0) is 62.3 Å². The Bertz CT molecular complexity index is 328. The summed E-state index contributed by atoms with van der Waals surface area (Å²) in [6.07, 6.45) is 5.17. The molecule has 0 saturated carbocycles. The normalized spacial score (nSPS) is 15.0. The molecule has 1 aliphatic carbocycles. The van der Waals surface area contributed by atoms with E-state index >= 15 is 0 Å². The molecule has 0 aromatic heterocycles. The molecule has 0 aliphatic heterocycles. The van der Waals surface area contributed by atoms with Gasteiger partial charge in [0.25, 0.3) is 0 Å². The molecule has 0 atom stereocenters. The van der Waals surface area contributed by atoms with Crippen LogP contribution in [-0.4, -0.2) is 6.61 Å². The standard InChI is InChI=1S/C13H18O/c1-3-14-13-9-12-7-5-4-6-11(12)8-10(13)2/h8-9H,3-7H2,1-2H3. The number of benzene rings is 1. The molecule has 0 heterocycles. The van der Waals surface area contributed by atoms with Gasteiger partial charge < -0.3 is 4.74 Å². The highest BCUT2D eigenvalue weighted by Gasteiger charge is 2.11. The molecule has 0 amide bonds. The van der Waals surface area contributed by atoms with E-state index in [9.17, 15) is 0 Å². The molecule has 0 saturated heterocycles. The average Bonchev–Trinajstić information content (AvgIpc) is 2.19. The van der Waals surface area contributed by atoms with E-state index in [0.29, 0.717) is 0 Å². The van der Waals surface area contributed by atoms with Crippen molar-refractivity contribution in [2.45, 2.75) is 39.5 Å². The largest absolute Gasteiger partial charge is 0.494 e. The summed E-state index contributed by atoms with van der Waals surface area (Å²) in [7, 11) is 0. The number of rotatable bonds is 2. The van der Waals surface area contributed by atoms with E-state index < -0.39 is 0 Å². The van der Waals surface area contributed by atoms with Crippen molar-refractivity contribution in [1.29, 1.82) is 0 Å². The van der Waals surface area contributed by atoms with Crippen LogP contribution >= 0.6 is 0 Å². The lowest BCUT2D eigenvalue weighted by molar-refractivity contribution is 0.337. The van der Waals surface area contributed by atoms with Gasteiger partial charge >= 0.3 is 0 Å². The highest BCUT2D eigenvalue weighted by Crippen LogP contribution is 2.28. The van der Waals surface area contributed by atoms with Crippen molar-refractivity contribution in [3.8, 4) is 5.75 Å². The van der Waals surface area contributed by atoms with Gasteiger partial charge in [0.1, 0.15) is 5.75 Å². The third-order valence-electron chi connectivity index (χ3n) is 2.94. The Morgan fingerprint density at radius 1 is 1.14 bits per heavy atom. The topological polar surface area (TPSA) is 9.23 Å². The number of hydrogen-bond acceptors (Lipinski definition) is 1. The van der Waals surface area contributed by atoms with Crippen molar-refractivity contribution in [2.75, 3.05) is 6.61 Å². The first kappa shape index (κ1) is 9.57. The molecule has 0 N–H and O–H groups in total. The molecule has 1 nitrogen and oxygen atoms in total. The number of aryl methyl sites for hydroxylation is 3. The second kappa shape index (κ2) is 4.04. The fourth-order valence-electron chi connectivity index (χ4n) is 2.20. The van der Waals surface area contributed by atoms with Gasteiger partial charge in [-0.3, -0.25) is 0 Å². The predicted octanol–water partition coefficient (Wildman–Crippen LogP) is 3.27. The van der Waals surface area contributed by atoms with E-state index in [4.69, 9.17) is 4.74 Å². The van der Waals surface area contributed by atoms with Gasteiger partial charge in [-0.2, -0.15) is 0 Å². The Balaban J connectivity index is 2.35. The molecule has 1 aromatic rings. The maximum atomic E-state index is 5.60. The summed E-state index contributed by atoms with van der Waals surface area (Å²) in [5, 5.41) is 0. The lowest BCUT2D eigenvalue weighted by atomic mass is 9.90. The second-order valence-corrected chi connectivity index (χ2v) is 4.03. The molecule has 1 aromatic carbocycles. The van der Waals surface area contributed by atoms with Crippen LogP contribution < -0.4 is 4.74 Å². The monoisotopic (exact) mass is 190 g/mol. The Hall–Kier alpha value is -0.980. The molecule has 0 fully saturated rings. The fourth-order valence-corrected chi connectivity index (χ4v) is 2.20. The lowest BCUT2D eigenvalue weighted by Crippen LogP contribution is -2.04. The smallest absolute Gasteiger partial charge is 0.122 e. The minimum absolute atomic E-state index is 0.764. The maximum Gasteiger partial charge on any atom is 0.122 e. The van der Waals surface area contributed by atoms with Crippen LogP contribution in [0.3, 0.4) is 0 Å². The quantitative estimate of drug-likeness (QED) is 0.695. The third kappa shape index (κ3) is 1.77. The van der Waals surface area contributed by atoms with Gasteiger partial charge in [-0.15, -0.1) is 0 Å². The Morgan fingerprint density at radius 3 is 2.43 bits per heavy atom. The molecule has 0 bridgehead atoms. The van der Waals surface area contributed by atoms with E-state index in [0.717, 1.165) is 12.4 Å². The molecule has 14 heavy (non-hydrogen) atoms. The summed E-state index contributed by atoms with van der Waals surface area (Å²) >= 11 is 0. The predicted molar refractivity (Wildman–Crippen MR) is 59.0 cm³/mol. The highest BCUT2D eigenvalue weighted by atomic mass is 16.5. The highest BCUT2D eigenvalue weighted by molar-refractivity contribution is 5.43. The van der Waals surface area contributed by atoms with Gasteiger partial charge in [0.15, 0.2) is 0 Å². The Morgan fingerprint density at radius 2 is 1.79 bits per heavy atom. The van der Waals surface area contributed by atoms with Crippen molar-refractivity contribution in [1.82, 2.24) is 0 Å². The van der Waals surface area contributed by atoms with Crippen LogP contribution in [0.4, 0.5) is 0 Å². The van der Waals surface area contributed by atoms with Gasteiger partial charge in [0, 0.05) is 0 Å². The van der Waals surface area contributed by atoms with E-state index in [1.807, 2.05) is 6.92 Å². The van der Waals surface area contributed by atoms with Crippen LogP contribution in [-0.2, 0) is 12.8 Å². The van der Waals surface area contributed by atoms with Gasteiger partial charge in [-0.1, -0.05) is 6.07 Å². The van der Waals surface area contributed by atoms with Crippen LogP contribution in [0.1, 0.15) is 36.5 Å². The van der Waals surface area contributed by atoms with Crippen molar-refractivity contribution >= 4 is 0 Å². The minimum atomic E-state index is 0.764. The fraction of sp³-hybridized carbons (Fsp3) is 0.538. The molecule has 1 heteroatoms. The first-order valence-corrected chi connectivity index (χ1v) is 5.56. The molecule has 0 spiro atoms. The summed E-state index contributed by atoms with van der Waals surface area (Å²) in [5.74, 6) is 1.08. The van der Waals surface area contributed by atoms with Crippen LogP contribution in [0, 0.1) is 6.92 Å². The summed E-state index contributed by atoms with van der Waals surface area (Å²) in [4.78, 5) is 0. The van der Waals surface area contributed by atoms with Gasteiger partial charge in [0.05, 0.1) is 6.61 Å². The molecule has 76 valence electrons. The first-order chi connectivity index (χ1) is 6.81. The van der Waals surface area contributed by atoms with Gasteiger partial charge in [-0.25, -0.2) is 0 Å². The van der Waals surface area contributed by atoms with E-state index in [1.54, 1.807) is 0 Å². The van der Waals surface area contributed by atoms with Gasteiger partial charge in [0.2, 0.25) is 0 Å². The van der Waals surface area contributed by atoms with Crippen LogP contribution in [0.15, 0.2) is 12.1 Å². The lowest BCUT2D eigenvalue weighted by Gasteiger charge is -2.18. The summed E-state index contributed by atoms with van der Waals surface area (Å²) < 4.78 is 5.60. The number of fused-ring (bicyclic) bond motifs is 1. The van der Waals surface area contributed by atoms with Crippen molar-refractivity contribution in [3.05, 3.63) is 28.8 Å². The summed E-state index contributed by atoms with van der Waals surface area (Å²) in [6, 6.07) is 4.55. The molecule has 0 radical (unpaired) electrons. The van der Waals surface area contributed by atoms with Crippen LogP contribution in [0.2, 0.25) is 0 Å². The zero-order chi connectivity index (χ0) is 9.97. The SMILES string of the molecule is CCOc1cc2c(cc1C)CCCC2. The first-order valence-electron chi connectivity index (χ1n) is 5.56. The van der Waals surface area contributed by atoms with Crippen LogP contribution in [0.25, 0.3) is 0 Å². The summed E-state index contributed by atoms with van der Waals surface area (Å²) in [6.45, 7) is 4.94. The van der Waals surface area contributed by atoms with E-state index in [2.05, 4.69) is 19.1 Å². The Labute approximate surface area is 86.1 Å². The number of ether oxygens (including phenoxy) is 1. The Kier molecular flexibility index (Phi) is 2.76. The van der Waals surface area contributed by atoms with E-state index in [1.165, 1.54) is 42.4 Å². The average molecular weight is 190 g/mol. The van der Waals surface area contributed by atoms with Crippen molar-refractivity contribution in [3.63, 3.8) is 0 Å². The summed E-state index contributed by atoms with van der Waals surface area (Å²) in [5.41, 5.74) is 4.33.